The average Bonchev–Trinajstić information content (AvgIpc) is 2.94. The summed E-state index contributed by atoms with van der Waals surface area (Å²) in [5.74, 6) is -0.863. The first kappa shape index (κ1) is 19.9. The fraction of sp³-hybridized carbons (Fsp3) is 0.150. The van der Waals surface area contributed by atoms with Gasteiger partial charge in [-0.3, -0.25) is 19.1 Å². The van der Waals surface area contributed by atoms with Crippen LogP contribution >= 0.6 is 0 Å². The van der Waals surface area contributed by atoms with Gasteiger partial charge in [0.1, 0.15) is 10.7 Å². The van der Waals surface area contributed by atoms with Crippen LogP contribution in [0.2, 0.25) is 0 Å². The summed E-state index contributed by atoms with van der Waals surface area (Å²) in [5.41, 5.74) is 3.07. The number of pyridine rings is 2. The summed E-state index contributed by atoms with van der Waals surface area (Å²) in [6.07, 6.45) is 2.58. The maximum Gasteiger partial charge on any atom is 0.329 e. The van der Waals surface area contributed by atoms with E-state index in [4.69, 9.17) is 5.14 Å². The van der Waals surface area contributed by atoms with Crippen LogP contribution in [0.4, 0.5) is 4.39 Å². The molecule has 1 aromatic carbocycles. The topological polar surface area (TPSA) is 113 Å². The Balaban J connectivity index is 1.95. The van der Waals surface area contributed by atoms with Crippen LogP contribution in [0.25, 0.3) is 22.2 Å². The number of rotatable bonds is 4. The predicted octanol–water partition coefficient (Wildman–Crippen LogP) is 1.94. The maximum absolute atomic E-state index is 14.6. The maximum atomic E-state index is 14.6. The van der Waals surface area contributed by atoms with Crippen molar-refractivity contribution in [3.8, 4) is 11.1 Å². The lowest BCUT2D eigenvalue weighted by Crippen LogP contribution is -2.24. The van der Waals surface area contributed by atoms with Crippen molar-refractivity contribution in [2.24, 2.45) is 12.2 Å². The molecule has 0 atom stereocenters. The van der Waals surface area contributed by atoms with Crippen LogP contribution in [0.5, 0.6) is 0 Å². The van der Waals surface area contributed by atoms with Gasteiger partial charge in [-0.15, -0.1) is 0 Å². The summed E-state index contributed by atoms with van der Waals surface area (Å²) in [7, 11) is -2.47. The molecule has 10 heteroatoms. The number of hydrogen-bond acceptors (Lipinski definition) is 5. The van der Waals surface area contributed by atoms with Gasteiger partial charge in [-0.05, 0) is 18.6 Å². The number of benzene rings is 1. The van der Waals surface area contributed by atoms with Crippen molar-refractivity contribution in [2.75, 3.05) is 0 Å². The van der Waals surface area contributed by atoms with Gasteiger partial charge in [0.05, 0.1) is 29.5 Å². The normalized spacial score (nSPS) is 11.9. The Hall–Kier alpha value is -3.37. The van der Waals surface area contributed by atoms with Gasteiger partial charge in [-0.2, -0.15) is 0 Å². The molecule has 0 saturated heterocycles. The highest BCUT2D eigenvalue weighted by Gasteiger charge is 2.20. The van der Waals surface area contributed by atoms with E-state index in [1.54, 1.807) is 13.2 Å². The molecule has 2 N–H and O–H groups in total. The highest BCUT2D eigenvalue weighted by molar-refractivity contribution is 7.89. The Morgan fingerprint density at radius 3 is 2.47 bits per heavy atom. The second-order valence-corrected chi connectivity index (χ2v) is 8.45. The zero-order valence-electron chi connectivity index (χ0n) is 16.2. The molecule has 0 fully saturated rings. The number of primary sulfonamides is 1. The van der Waals surface area contributed by atoms with E-state index in [0.29, 0.717) is 16.7 Å². The number of fused-ring (bicyclic) bond motifs is 1. The van der Waals surface area contributed by atoms with E-state index in [-0.39, 0.29) is 17.9 Å². The summed E-state index contributed by atoms with van der Waals surface area (Å²) >= 11 is 0. The van der Waals surface area contributed by atoms with Crippen molar-refractivity contribution in [3.63, 3.8) is 0 Å². The molecule has 30 heavy (non-hydrogen) atoms. The Bertz CT molecular complexity index is 1440. The Morgan fingerprint density at radius 1 is 1.13 bits per heavy atom. The number of halogens is 1. The van der Waals surface area contributed by atoms with Gasteiger partial charge < -0.3 is 0 Å². The largest absolute Gasteiger partial charge is 0.329 e. The highest BCUT2D eigenvalue weighted by Crippen LogP contribution is 2.30. The van der Waals surface area contributed by atoms with Crippen molar-refractivity contribution in [2.45, 2.75) is 18.4 Å². The Labute approximate surface area is 171 Å². The van der Waals surface area contributed by atoms with E-state index < -0.39 is 20.7 Å². The van der Waals surface area contributed by atoms with Crippen LogP contribution in [0.1, 0.15) is 11.4 Å². The van der Waals surface area contributed by atoms with E-state index >= 15 is 0 Å². The first-order chi connectivity index (χ1) is 14.2. The molecule has 0 aliphatic rings. The molecule has 0 amide bonds. The van der Waals surface area contributed by atoms with E-state index in [2.05, 4.69) is 9.97 Å². The SMILES string of the molecule is Cc1ncc2c(c1-c1ccccc1)n(Cc1ncc(S(N)(=O)=O)cc1F)c(=O)n2C. The molecule has 0 aliphatic heterocycles. The monoisotopic (exact) mass is 427 g/mol. The molecule has 0 bridgehead atoms. The first-order valence-electron chi connectivity index (χ1n) is 8.96. The standard InChI is InChI=1S/C20H18FN5O3S/c1-12-18(13-6-4-3-5-7-13)19-17(10-23-12)25(2)20(27)26(19)11-16-15(21)8-14(9-24-16)30(22,28)29/h3-10H,11H2,1-2H3,(H2,22,28,29). The molecule has 3 aromatic heterocycles. The summed E-state index contributed by atoms with van der Waals surface area (Å²) in [5, 5.41) is 5.03. The molecule has 3 heterocycles. The summed E-state index contributed by atoms with van der Waals surface area (Å²) in [6, 6.07) is 10.3. The van der Waals surface area contributed by atoms with E-state index in [1.807, 2.05) is 37.3 Å². The third-order valence-electron chi connectivity index (χ3n) is 4.96. The van der Waals surface area contributed by atoms with Gasteiger partial charge in [0.25, 0.3) is 0 Å². The highest BCUT2D eigenvalue weighted by atomic mass is 32.2. The minimum absolute atomic E-state index is 0.0783. The zero-order chi connectivity index (χ0) is 21.6. The summed E-state index contributed by atoms with van der Waals surface area (Å²) in [4.78, 5) is 20.8. The predicted molar refractivity (Wildman–Crippen MR) is 110 cm³/mol. The quantitative estimate of drug-likeness (QED) is 0.535. The fourth-order valence-corrected chi connectivity index (χ4v) is 3.92. The van der Waals surface area contributed by atoms with E-state index in [9.17, 15) is 17.6 Å². The Kier molecular flexibility index (Phi) is 4.75. The number of nitrogens with zero attached hydrogens (tertiary/aromatic N) is 4. The van der Waals surface area contributed by atoms with Gasteiger partial charge in [0, 0.05) is 24.5 Å². The zero-order valence-corrected chi connectivity index (χ0v) is 17.0. The molecule has 0 radical (unpaired) electrons. The summed E-state index contributed by atoms with van der Waals surface area (Å²) < 4.78 is 40.3. The smallest absolute Gasteiger partial charge is 0.293 e. The molecule has 0 saturated carbocycles. The number of nitrogens with two attached hydrogens (primary N) is 1. The number of aryl methyl sites for hydroxylation is 2. The second kappa shape index (κ2) is 7.15. The number of imidazole rings is 1. The van der Waals surface area contributed by atoms with E-state index in [1.165, 1.54) is 9.13 Å². The number of sulfonamides is 1. The van der Waals surface area contributed by atoms with Crippen molar-refractivity contribution >= 4 is 21.1 Å². The van der Waals surface area contributed by atoms with Gasteiger partial charge in [0.15, 0.2) is 0 Å². The third-order valence-corrected chi connectivity index (χ3v) is 5.84. The molecule has 154 valence electrons. The first-order valence-corrected chi connectivity index (χ1v) is 10.5. The molecular formula is C20H18FN5O3S. The molecule has 4 aromatic rings. The van der Waals surface area contributed by atoms with Gasteiger partial charge in [0.2, 0.25) is 10.0 Å². The molecule has 0 aliphatic carbocycles. The van der Waals surface area contributed by atoms with E-state index in [0.717, 1.165) is 23.4 Å². The third kappa shape index (κ3) is 3.29. The lowest BCUT2D eigenvalue weighted by Gasteiger charge is -2.11. The molecular weight excluding hydrogens is 409 g/mol. The minimum atomic E-state index is -4.09. The minimum Gasteiger partial charge on any atom is -0.293 e. The van der Waals surface area contributed by atoms with Crippen LogP contribution in [-0.2, 0) is 23.6 Å². The van der Waals surface area contributed by atoms with Crippen molar-refractivity contribution < 1.29 is 12.8 Å². The molecule has 4 rings (SSSR count). The number of aromatic nitrogens is 4. The van der Waals surface area contributed by atoms with Crippen LogP contribution in [0.15, 0.2) is 58.5 Å². The van der Waals surface area contributed by atoms with Crippen LogP contribution in [-0.4, -0.2) is 27.5 Å². The summed E-state index contributed by atoms with van der Waals surface area (Å²) in [6.45, 7) is 1.65. The van der Waals surface area contributed by atoms with Crippen LogP contribution < -0.4 is 10.8 Å². The lowest BCUT2D eigenvalue weighted by atomic mass is 10.0. The van der Waals surface area contributed by atoms with Crippen molar-refractivity contribution in [1.82, 2.24) is 19.1 Å². The van der Waals surface area contributed by atoms with Crippen molar-refractivity contribution in [3.05, 3.63) is 76.5 Å². The molecule has 8 nitrogen and oxygen atoms in total. The molecule has 0 unspecified atom stereocenters. The van der Waals surface area contributed by atoms with Crippen LogP contribution in [0.3, 0.4) is 0 Å². The van der Waals surface area contributed by atoms with Crippen molar-refractivity contribution in [1.29, 1.82) is 0 Å². The average molecular weight is 427 g/mol. The van der Waals surface area contributed by atoms with Gasteiger partial charge in [-0.1, -0.05) is 30.3 Å². The van der Waals surface area contributed by atoms with Crippen LogP contribution in [0, 0.1) is 12.7 Å². The van der Waals surface area contributed by atoms with Gasteiger partial charge >= 0.3 is 5.69 Å². The second-order valence-electron chi connectivity index (χ2n) is 6.89. The Morgan fingerprint density at radius 2 is 1.83 bits per heavy atom. The number of hydrogen-bond donors (Lipinski definition) is 1. The van der Waals surface area contributed by atoms with Gasteiger partial charge in [-0.25, -0.2) is 22.7 Å². The molecule has 0 spiro atoms. The lowest BCUT2D eigenvalue weighted by molar-refractivity contribution is 0.571. The fourth-order valence-electron chi connectivity index (χ4n) is 3.45.